The maximum atomic E-state index is 5.66. The molecule has 0 bridgehead atoms. The van der Waals surface area contributed by atoms with Crippen LogP contribution in [0.15, 0.2) is 26.9 Å². The number of hydrogen-bond donors (Lipinski definition) is 3. The summed E-state index contributed by atoms with van der Waals surface area (Å²) in [5, 5.41) is 5.62. The van der Waals surface area contributed by atoms with Crippen molar-refractivity contribution < 1.29 is 9.15 Å². The van der Waals surface area contributed by atoms with E-state index in [0.717, 1.165) is 16.6 Å². The van der Waals surface area contributed by atoms with Gasteiger partial charge in [0.15, 0.2) is 10.9 Å². The summed E-state index contributed by atoms with van der Waals surface area (Å²) in [7, 11) is 0. The second-order valence-electron chi connectivity index (χ2n) is 4.14. The van der Waals surface area contributed by atoms with Crippen LogP contribution in [0.4, 0.5) is 5.13 Å². The molecule has 0 aliphatic carbocycles. The van der Waals surface area contributed by atoms with Gasteiger partial charge >= 0.3 is 0 Å². The first kappa shape index (κ1) is 15.6. The Hall–Kier alpha value is -1.74. The molecule has 0 aliphatic rings. The van der Waals surface area contributed by atoms with Gasteiger partial charge in [-0.05, 0) is 19.1 Å². The summed E-state index contributed by atoms with van der Waals surface area (Å²) in [5.74, 6) is 1.44. The topological polar surface area (TPSA) is 112 Å². The Morgan fingerprint density at radius 2 is 2.43 bits per heavy atom. The molecule has 1 atom stereocenters. The van der Waals surface area contributed by atoms with Crippen molar-refractivity contribution in [2.45, 2.75) is 19.7 Å². The molecule has 2 rings (SSSR count). The molecular weight excluding hydrogens is 290 g/mol. The zero-order chi connectivity index (χ0) is 15.1. The first-order valence-corrected chi connectivity index (χ1v) is 7.47. The first-order chi connectivity index (χ1) is 10.2. The molecule has 2 aromatic rings. The number of thiazole rings is 1. The molecule has 0 amide bonds. The summed E-state index contributed by atoms with van der Waals surface area (Å²) in [4.78, 5) is 8.53. The van der Waals surface area contributed by atoms with E-state index >= 15 is 0 Å². The lowest BCUT2D eigenvalue weighted by Crippen LogP contribution is -2.27. The van der Waals surface area contributed by atoms with E-state index in [0.29, 0.717) is 25.5 Å². The molecule has 0 spiro atoms. The standard InChI is InChI=1S/C13H19N5O2S/c1-2-19-12(15)6-16-8-17-13-18-10(7-21-13)11-4-3-9(5-14)20-11/h3-4,7-8,12H,2,5-6,14-15H2,1H3,(H,16,17,18). The van der Waals surface area contributed by atoms with Crippen LogP contribution in [-0.2, 0) is 11.3 Å². The van der Waals surface area contributed by atoms with Crippen molar-refractivity contribution >= 4 is 22.8 Å². The number of furan rings is 1. The van der Waals surface area contributed by atoms with E-state index in [-0.39, 0.29) is 6.23 Å². The fraction of sp³-hybridized carbons (Fsp3) is 0.385. The third-order valence-corrected chi connectivity index (χ3v) is 3.34. The zero-order valence-electron chi connectivity index (χ0n) is 11.8. The largest absolute Gasteiger partial charge is 0.458 e. The molecule has 5 N–H and O–H groups in total. The summed E-state index contributed by atoms with van der Waals surface area (Å²) in [5.41, 5.74) is 11.9. The molecule has 2 heterocycles. The highest BCUT2D eigenvalue weighted by molar-refractivity contribution is 7.14. The van der Waals surface area contributed by atoms with Gasteiger partial charge in [-0.1, -0.05) is 0 Å². The Kier molecular flexibility index (Phi) is 5.88. The van der Waals surface area contributed by atoms with Gasteiger partial charge in [0.1, 0.15) is 17.7 Å². The molecule has 0 aliphatic heterocycles. The summed E-state index contributed by atoms with van der Waals surface area (Å²) in [6.45, 7) is 3.25. The van der Waals surface area contributed by atoms with Gasteiger partial charge < -0.3 is 25.9 Å². The summed E-state index contributed by atoms with van der Waals surface area (Å²) in [6.07, 6.45) is 1.19. The number of aliphatic imine (C=N–C) groups is 1. The van der Waals surface area contributed by atoms with Gasteiger partial charge in [-0.2, -0.15) is 0 Å². The number of aromatic nitrogens is 1. The van der Waals surface area contributed by atoms with Crippen LogP contribution in [0.3, 0.4) is 0 Å². The van der Waals surface area contributed by atoms with Crippen LogP contribution < -0.4 is 16.8 Å². The minimum atomic E-state index is -0.377. The number of nitrogens with one attached hydrogen (secondary N) is 1. The Labute approximate surface area is 127 Å². The van der Waals surface area contributed by atoms with Gasteiger partial charge in [0, 0.05) is 12.0 Å². The van der Waals surface area contributed by atoms with Crippen LogP contribution >= 0.6 is 11.3 Å². The van der Waals surface area contributed by atoms with Crippen molar-refractivity contribution in [2.24, 2.45) is 16.5 Å². The Morgan fingerprint density at radius 1 is 1.57 bits per heavy atom. The Balaban J connectivity index is 1.87. The van der Waals surface area contributed by atoms with E-state index in [1.807, 2.05) is 24.4 Å². The van der Waals surface area contributed by atoms with Gasteiger partial charge in [-0.15, -0.1) is 11.3 Å². The molecule has 1 unspecified atom stereocenters. The molecule has 114 valence electrons. The lowest BCUT2D eigenvalue weighted by molar-refractivity contribution is 0.0744. The normalized spacial score (nSPS) is 12.9. The number of nitrogens with zero attached hydrogens (tertiary/aromatic N) is 2. The third-order valence-electron chi connectivity index (χ3n) is 2.56. The van der Waals surface area contributed by atoms with E-state index in [2.05, 4.69) is 15.3 Å². The molecule has 8 heteroatoms. The Morgan fingerprint density at radius 3 is 3.14 bits per heavy atom. The summed E-state index contributed by atoms with van der Waals surface area (Å²) < 4.78 is 10.7. The quantitative estimate of drug-likeness (QED) is 0.388. The maximum absolute atomic E-state index is 5.66. The molecule has 0 aromatic carbocycles. The lowest BCUT2D eigenvalue weighted by atomic mass is 10.3. The van der Waals surface area contributed by atoms with Crippen molar-refractivity contribution in [2.75, 3.05) is 18.5 Å². The minimum absolute atomic E-state index is 0.377. The van der Waals surface area contributed by atoms with Gasteiger partial charge in [0.05, 0.1) is 19.4 Å². The van der Waals surface area contributed by atoms with Crippen LogP contribution in [0.25, 0.3) is 11.5 Å². The predicted octanol–water partition coefficient (Wildman–Crippen LogP) is 1.62. The lowest BCUT2D eigenvalue weighted by Gasteiger charge is -2.07. The van der Waals surface area contributed by atoms with E-state index in [9.17, 15) is 0 Å². The van der Waals surface area contributed by atoms with E-state index < -0.39 is 0 Å². The van der Waals surface area contributed by atoms with Crippen LogP contribution in [0, 0.1) is 0 Å². The fourth-order valence-corrected chi connectivity index (χ4v) is 2.27. The number of ether oxygens (including phenoxy) is 1. The highest BCUT2D eigenvalue weighted by atomic mass is 32.1. The first-order valence-electron chi connectivity index (χ1n) is 6.59. The summed E-state index contributed by atoms with van der Waals surface area (Å²) in [6, 6.07) is 3.70. The van der Waals surface area contributed by atoms with Crippen molar-refractivity contribution in [3.8, 4) is 11.5 Å². The number of nitrogens with two attached hydrogens (primary N) is 2. The molecule has 2 aromatic heterocycles. The predicted molar refractivity (Wildman–Crippen MR) is 84.3 cm³/mol. The molecular formula is C13H19N5O2S. The van der Waals surface area contributed by atoms with Gasteiger partial charge in [0.2, 0.25) is 0 Å². The number of rotatable bonds is 8. The molecule has 0 fully saturated rings. The second-order valence-corrected chi connectivity index (χ2v) is 5.00. The van der Waals surface area contributed by atoms with Crippen LogP contribution in [-0.4, -0.2) is 30.7 Å². The van der Waals surface area contributed by atoms with E-state index in [4.69, 9.17) is 20.6 Å². The van der Waals surface area contributed by atoms with Gasteiger partial charge in [-0.3, -0.25) is 4.99 Å². The average Bonchev–Trinajstić information content (AvgIpc) is 3.12. The SMILES string of the molecule is CCOC(N)CN=CNc1nc(-c2ccc(CN)o2)cs1. The third kappa shape index (κ3) is 4.64. The van der Waals surface area contributed by atoms with Crippen LogP contribution in [0.5, 0.6) is 0 Å². The minimum Gasteiger partial charge on any atom is -0.458 e. The van der Waals surface area contributed by atoms with Crippen LogP contribution in [0.2, 0.25) is 0 Å². The molecule has 21 heavy (non-hydrogen) atoms. The van der Waals surface area contributed by atoms with Gasteiger partial charge in [0.25, 0.3) is 0 Å². The van der Waals surface area contributed by atoms with E-state index in [1.54, 1.807) is 6.34 Å². The van der Waals surface area contributed by atoms with Crippen molar-refractivity contribution in [3.05, 3.63) is 23.3 Å². The van der Waals surface area contributed by atoms with Crippen LogP contribution in [0.1, 0.15) is 12.7 Å². The zero-order valence-corrected chi connectivity index (χ0v) is 12.6. The second kappa shape index (κ2) is 7.89. The van der Waals surface area contributed by atoms with Crippen molar-refractivity contribution in [1.29, 1.82) is 0 Å². The molecule has 0 saturated carbocycles. The number of hydrogen-bond acceptors (Lipinski definition) is 7. The highest BCUT2D eigenvalue weighted by Crippen LogP contribution is 2.26. The summed E-state index contributed by atoms with van der Waals surface area (Å²) >= 11 is 1.46. The smallest absolute Gasteiger partial charge is 0.188 e. The van der Waals surface area contributed by atoms with Gasteiger partial charge in [-0.25, -0.2) is 4.98 Å². The molecule has 7 nitrogen and oxygen atoms in total. The monoisotopic (exact) mass is 309 g/mol. The van der Waals surface area contributed by atoms with Crippen molar-refractivity contribution in [1.82, 2.24) is 4.98 Å². The fourth-order valence-electron chi connectivity index (χ4n) is 1.60. The van der Waals surface area contributed by atoms with Crippen molar-refractivity contribution in [3.63, 3.8) is 0 Å². The Bertz CT molecular complexity index is 581. The number of anilines is 1. The van der Waals surface area contributed by atoms with E-state index in [1.165, 1.54) is 11.3 Å². The highest BCUT2D eigenvalue weighted by Gasteiger charge is 2.08. The molecule has 0 radical (unpaired) electrons. The molecule has 0 saturated heterocycles. The maximum Gasteiger partial charge on any atom is 0.188 e. The average molecular weight is 309 g/mol.